The lowest BCUT2D eigenvalue weighted by Crippen LogP contribution is -2.29. The third-order valence-electron chi connectivity index (χ3n) is 6.00. The van der Waals surface area contributed by atoms with Crippen LogP contribution in [0.3, 0.4) is 0 Å². The van der Waals surface area contributed by atoms with Gasteiger partial charge in [-0.3, -0.25) is 14.5 Å². The molecule has 1 atom stereocenters. The lowest BCUT2D eigenvalue weighted by Gasteiger charge is -2.23. The molecule has 11 heteroatoms. The SMILES string of the molecule is C=CCOc1cccc(C2/C(=C(\O)c3ccccc3)C(=O)C(=O)N2c2nnc(SCc3ccc(Cl)cc3Cl)s2)c1. The molecule has 1 aromatic heterocycles. The number of ether oxygens (including phenoxy) is 1. The molecule has 1 N–H and O–H groups in total. The van der Waals surface area contributed by atoms with Gasteiger partial charge in [-0.15, -0.1) is 10.2 Å². The molecule has 5 rings (SSSR count). The number of ketones is 1. The van der Waals surface area contributed by atoms with Crippen molar-refractivity contribution in [2.75, 3.05) is 11.5 Å². The predicted molar refractivity (Wildman–Crippen MR) is 159 cm³/mol. The van der Waals surface area contributed by atoms with Gasteiger partial charge in [0.15, 0.2) is 4.34 Å². The van der Waals surface area contributed by atoms with Crippen LogP contribution in [-0.2, 0) is 15.3 Å². The summed E-state index contributed by atoms with van der Waals surface area (Å²) in [6.45, 7) is 3.95. The van der Waals surface area contributed by atoms with E-state index in [0.717, 1.165) is 5.56 Å². The molecule has 1 fully saturated rings. The van der Waals surface area contributed by atoms with E-state index < -0.39 is 17.7 Å². The molecule has 0 bridgehead atoms. The lowest BCUT2D eigenvalue weighted by atomic mass is 9.95. The Kier molecular flexibility index (Phi) is 8.56. The van der Waals surface area contributed by atoms with E-state index in [1.54, 1.807) is 72.8 Å². The van der Waals surface area contributed by atoms with Crippen LogP contribution < -0.4 is 9.64 Å². The van der Waals surface area contributed by atoms with Crippen molar-refractivity contribution in [3.8, 4) is 5.75 Å². The van der Waals surface area contributed by atoms with Crippen LogP contribution in [0.5, 0.6) is 5.75 Å². The quantitative estimate of drug-likeness (QED) is 0.0530. The number of benzene rings is 3. The first-order chi connectivity index (χ1) is 19.4. The van der Waals surface area contributed by atoms with Gasteiger partial charge in [-0.1, -0.05) is 107 Å². The third kappa shape index (κ3) is 5.78. The van der Waals surface area contributed by atoms with Crippen LogP contribution in [-0.4, -0.2) is 33.6 Å². The van der Waals surface area contributed by atoms with E-state index in [2.05, 4.69) is 16.8 Å². The van der Waals surface area contributed by atoms with Gasteiger partial charge in [0.2, 0.25) is 5.13 Å². The summed E-state index contributed by atoms with van der Waals surface area (Å²) in [6.07, 6.45) is 1.62. The highest BCUT2D eigenvalue weighted by Crippen LogP contribution is 2.44. The molecule has 1 aliphatic heterocycles. The van der Waals surface area contributed by atoms with Crippen molar-refractivity contribution >= 4 is 68.9 Å². The third-order valence-corrected chi connectivity index (χ3v) is 8.69. The zero-order chi connectivity index (χ0) is 28.2. The Morgan fingerprint density at radius 1 is 1.07 bits per heavy atom. The summed E-state index contributed by atoms with van der Waals surface area (Å²) in [5.74, 6) is -0.880. The molecule has 0 saturated carbocycles. The van der Waals surface area contributed by atoms with E-state index in [4.69, 9.17) is 27.9 Å². The number of anilines is 1. The zero-order valence-electron chi connectivity index (χ0n) is 20.8. The summed E-state index contributed by atoms with van der Waals surface area (Å²) < 4.78 is 6.27. The van der Waals surface area contributed by atoms with Crippen molar-refractivity contribution in [3.05, 3.63) is 118 Å². The highest BCUT2D eigenvalue weighted by Gasteiger charge is 2.48. The van der Waals surface area contributed by atoms with Crippen LogP contribution in [0.15, 0.2) is 95.4 Å². The molecule has 0 radical (unpaired) electrons. The first-order valence-corrected chi connectivity index (χ1v) is 14.5. The van der Waals surface area contributed by atoms with Gasteiger partial charge < -0.3 is 9.84 Å². The second kappa shape index (κ2) is 12.3. The Morgan fingerprint density at radius 3 is 2.62 bits per heavy atom. The van der Waals surface area contributed by atoms with Crippen LogP contribution in [0, 0.1) is 0 Å². The fraction of sp³-hybridized carbons (Fsp3) is 0.103. The molecule has 4 aromatic rings. The lowest BCUT2D eigenvalue weighted by molar-refractivity contribution is -0.132. The van der Waals surface area contributed by atoms with Gasteiger partial charge in [-0.05, 0) is 35.4 Å². The Morgan fingerprint density at radius 2 is 1.88 bits per heavy atom. The average molecular weight is 611 g/mol. The van der Waals surface area contributed by atoms with Crippen LogP contribution in [0.25, 0.3) is 5.76 Å². The van der Waals surface area contributed by atoms with E-state index in [-0.39, 0.29) is 23.1 Å². The topological polar surface area (TPSA) is 92.6 Å². The number of aromatic nitrogens is 2. The molecular formula is C29H21Cl2N3O4S2. The van der Waals surface area contributed by atoms with Crippen molar-refractivity contribution in [2.24, 2.45) is 0 Å². The number of Topliss-reactive ketones (excluding diaryl/α,β-unsaturated/α-hetero) is 1. The molecule has 2 heterocycles. The minimum atomic E-state index is -0.955. The van der Waals surface area contributed by atoms with Crippen LogP contribution >= 0.6 is 46.3 Å². The Hall–Kier alpha value is -3.63. The van der Waals surface area contributed by atoms with Gasteiger partial charge in [0.05, 0.1) is 11.6 Å². The van der Waals surface area contributed by atoms with E-state index in [0.29, 0.717) is 37.0 Å². The highest BCUT2D eigenvalue weighted by atomic mass is 35.5. The van der Waals surface area contributed by atoms with Gasteiger partial charge in [0, 0.05) is 21.4 Å². The molecule has 0 spiro atoms. The van der Waals surface area contributed by atoms with Crippen molar-refractivity contribution in [3.63, 3.8) is 0 Å². The maximum absolute atomic E-state index is 13.4. The van der Waals surface area contributed by atoms with Crippen molar-refractivity contribution in [1.82, 2.24) is 10.2 Å². The number of thioether (sulfide) groups is 1. The minimum absolute atomic E-state index is 0.0468. The molecule has 1 unspecified atom stereocenters. The molecule has 1 amide bonds. The van der Waals surface area contributed by atoms with Crippen molar-refractivity contribution in [1.29, 1.82) is 0 Å². The van der Waals surface area contributed by atoms with E-state index in [1.165, 1.54) is 28.0 Å². The first-order valence-electron chi connectivity index (χ1n) is 12.0. The summed E-state index contributed by atoms with van der Waals surface area (Å²) in [5, 5.41) is 21.0. The fourth-order valence-electron chi connectivity index (χ4n) is 4.16. The Labute approximate surface area is 248 Å². The molecule has 202 valence electrons. The van der Waals surface area contributed by atoms with Gasteiger partial charge in [0.25, 0.3) is 5.78 Å². The Balaban J connectivity index is 1.53. The summed E-state index contributed by atoms with van der Waals surface area (Å²) in [7, 11) is 0. The largest absolute Gasteiger partial charge is 0.507 e. The number of aliphatic hydroxyl groups excluding tert-OH is 1. The smallest absolute Gasteiger partial charge is 0.301 e. The van der Waals surface area contributed by atoms with Gasteiger partial charge >= 0.3 is 5.91 Å². The summed E-state index contributed by atoms with van der Waals surface area (Å²) in [5.41, 5.74) is 1.80. The summed E-state index contributed by atoms with van der Waals surface area (Å²) in [4.78, 5) is 28.1. The Bertz CT molecular complexity index is 1620. The number of rotatable bonds is 9. The molecular weight excluding hydrogens is 589 g/mol. The van der Waals surface area contributed by atoms with E-state index in [9.17, 15) is 14.7 Å². The van der Waals surface area contributed by atoms with Crippen molar-refractivity contribution < 1.29 is 19.4 Å². The molecule has 1 aliphatic rings. The fourth-order valence-corrected chi connectivity index (χ4v) is 6.59. The van der Waals surface area contributed by atoms with Gasteiger partial charge in [-0.2, -0.15) is 0 Å². The molecule has 7 nitrogen and oxygen atoms in total. The maximum Gasteiger partial charge on any atom is 0.301 e. The van der Waals surface area contributed by atoms with Crippen LogP contribution in [0.1, 0.15) is 22.7 Å². The number of amides is 1. The van der Waals surface area contributed by atoms with Crippen molar-refractivity contribution in [2.45, 2.75) is 16.1 Å². The van der Waals surface area contributed by atoms with Gasteiger partial charge in [0.1, 0.15) is 18.1 Å². The van der Waals surface area contributed by atoms with E-state index >= 15 is 0 Å². The number of carbonyl (C=O) groups excluding carboxylic acids is 2. The number of halogens is 2. The number of hydrogen-bond acceptors (Lipinski definition) is 8. The second-order valence-electron chi connectivity index (χ2n) is 8.58. The monoisotopic (exact) mass is 609 g/mol. The molecule has 0 aliphatic carbocycles. The normalized spacial score (nSPS) is 16.4. The summed E-state index contributed by atoms with van der Waals surface area (Å²) >= 11 is 14.9. The van der Waals surface area contributed by atoms with Gasteiger partial charge in [-0.25, -0.2) is 0 Å². The minimum Gasteiger partial charge on any atom is -0.507 e. The second-order valence-corrected chi connectivity index (χ2v) is 11.6. The highest BCUT2D eigenvalue weighted by molar-refractivity contribution is 8.00. The number of carbonyl (C=O) groups is 2. The molecule has 1 saturated heterocycles. The number of aliphatic hydroxyl groups is 1. The van der Waals surface area contributed by atoms with Crippen LogP contribution in [0.4, 0.5) is 5.13 Å². The summed E-state index contributed by atoms with van der Waals surface area (Å²) in [6, 6.07) is 19.9. The molecule has 40 heavy (non-hydrogen) atoms. The predicted octanol–water partition coefficient (Wildman–Crippen LogP) is 7.33. The standard InChI is InChI=1S/C29H21Cl2N3O4S2/c1-2-13-38-21-10-6-9-18(14-21)24-23(25(35)17-7-4-3-5-8-17)26(36)27(37)34(24)28-32-33-29(40-28)39-16-19-11-12-20(30)15-22(19)31/h2-12,14-15,24,35H,1,13,16H2/b25-23+. The van der Waals surface area contributed by atoms with E-state index in [1.807, 2.05) is 6.07 Å². The zero-order valence-corrected chi connectivity index (χ0v) is 23.9. The number of nitrogens with zero attached hydrogens (tertiary/aromatic N) is 3. The van der Waals surface area contributed by atoms with Crippen LogP contribution in [0.2, 0.25) is 10.0 Å². The average Bonchev–Trinajstić information content (AvgIpc) is 3.53. The number of hydrogen-bond donors (Lipinski definition) is 1. The first kappa shape index (κ1) is 27.9. The molecule has 3 aromatic carbocycles. The maximum atomic E-state index is 13.4.